The van der Waals surface area contributed by atoms with Gasteiger partial charge in [-0.05, 0) is 31.1 Å². The lowest BCUT2D eigenvalue weighted by molar-refractivity contribution is -0.133. The van der Waals surface area contributed by atoms with Crippen molar-refractivity contribution in [3.63, 3.8) is 0 Å². The van der Waals surface area contributed by atoms with Crippen LogP contribution >= 0.6 is 0 Å². The topological polar surface area (TPSA) is 163 Å². The fraction of sp³-hybridized carbons (Fsp3) is 0.455. The second kappa shape index (κ2) is 11.3. The summed E-state index contributed by atoms with van der Waals surface area (Å²) in [6.07, 6.45) is 2.02. The van der Waals surface area contributed by atoms with Crippen molar-refractivity contribution in [2.24, 2.45) is 10.7 Å². The number of carbonyl (C=O) groups excluding carboxylic acids is 2. The molecule has 0 spiro atoms. The predicted octanol–water partition coefficient (Wildman–Crippen LogP) is 1.30. The Hall–Kier alpha value is -3.40. The van der Waals surface area contributed by atoms with Gasteiger partial charge in [0.05, 0.1) is 29.9 Å². The van der Waals surface area contributed by atoms with Crippen molar-refractivity contribution in [1.29, 1.82) is 0 Å². The standard InChI is InChI=1S/C22H30N4O6/c1-4-14(5-2)32-18-11-13(21(30)31)10-16(19(18)24-12(3)27)25-22(23)26-20(29)15-8-6-7-9-17(15)28/h6-9,11,14,16,18-19,28H,4-5,10H2,1-3H3,(H,24,27)(H,30,31)(H3,23,25,26,29)/t16-,18+,19+/m0/s1. The fourth-order valence-electron chi connectivity index (χ4n) is 3.53. The van der Waals surface area contributed by atoms with E-state index in [2.05, 4.69) is 15.6 Å². The first-order valence-corrected chi connectivity index (χ1v) is 10.4. The summed E-state index contributed by atoms with van der Waals surface area (Å²) in [5.74, 6) is -2.62. The van der Waals surface area contributed by atoms with E-state index in [4.69, 9.17) is 10.5 Å². The van der Waals surface area contributed by atoms with Gasteiger partial charge in [0.15, 0.2) is 5.96 Å². The largest absolute Gasteiger partial charge is 0.507 e. The Morgan fingerprint density at radius 3 is 2.47 bits per heavy atom. The quantitative estimate of drug-likeness (QED) is 0.297. The van der Waals surface area contributed by atoms with E-state index in [-0.39, 0.29) is 41.3 Å². The van der Waals surface area contributed by atoms with E-state index in [0.717, 1.165) is 0 Å². The van der Waals surface area contributed by atoms with Gasteiger partial charge in [0, 0.05) is 18.9 Å². The molecule has 0 bridgehead atoms. The van der Waals surface area contributed by atoms with E-state index in [1.807, 2.05) is 13.8 Å². The first-order chi connectivity index (χ1) is 15.2. The van der Waals surface area contributed by atoms with Crippen molar-refractivity contribution >= 4 is 23.7 Å². The number of phenols is 1. The molecular weight excluding hydrogens is 416 g/mol. The maximum absolute atomic E-state index is 12.4. The number of aliphatic carboxylic acids is 1. The van der Waals surface area contributed by atoms with Crippen LogP contribution in [0, 0.1) is 0 Å². The number of nitrogens with one attached hydrogen (secondary N) is 2. The highest BCUT2D eigenvalue weighted by atomic mass is 16.5. The van der Waals surface area contributed by atoms with Gasteiger partial charge in [-0.3, -0.25) is 14.9 Å². The van der Waals surface area contributed by atoms with Gasteiger partial charge < -0.3 is 26.0 Å². The number of aromatic hydroxyl groups is 1. The molecule has 1 aliphatic rings. The number of benzene rings is 1. The molecule has 10 nitrogen and oxygen atoms in total. The van der Waals surface area contributed by atoms with Crippen LogP contribution in [-0.4, -0.2) is 58.2 Å². The predicted molar refractivity (Wildman–Crippen MR) is 118 cm³/mol. The van der Waals surface area contributed by atoms with Gasteiger partial charge in [-0.1, -0.05) is 26.0 Å². The molecule has 0 unspecified atom stereocenters. The van der Waals surface area contributed by atoms with Crippen molar-refractivity contribution in [2.75, 3.05) is 0 Å². The van der Waals surface area contributed by atoms with Crippen LogP contribution in [0.1, 0.15) is 50.4 Å². The Morgan fingerprint density at radius 1 is 1.25 bits per heavy atom. The summed E-state index contributed by atoms with van der Waals surface area (Å²) in [4.78, 5) is 40.2. The molecule has 0 aliphatic heterocycles. The average Bonchev–Trinajstić information content (AvgIpc) is 2.73. The summed E-state index contributed by atoms with van der Waals surface area (Å²) in [6, 6.07) is 4.46. The molecule has 0 aromatic heterocycles. The van der Waals surface area contributed by atoms with Gasteiger partial charge >= 0.3 is 5.97 Å². The minimum absolute atomic E-state index is 0.00812. The highest BCUT2D eigenvalue weighted by molar-refractivity contribution is 6.06. The number of guanidine groups is 1. The van der Waals surface area contributed by atoms with E-state index in [9.17, 15) is 24.6 Å². The maximum Gasteiger partial charge on any atom is 0.331 e. The number of aliphatic imine (C=N–C) groups is 1. The number of nitrogens with zero attached hydrogens (tertiary/aromatic N) is 1. The third kappa shape index (κ3) is 6.55. The molecule has 1 aromatic carbocycles. The molecule has 32 heavy (non-hydrogen) atoms. The third-order valence-corrected chi connectivity index (χ3v) is 5.16. The van der Waals surface area contributed by atoms with Crippen LogP contribution in [-0.2, 0) is 14.3 Å². The SMILES string of the molecule is CCC(CC)O[C@@H]1C=C(C(=O)O)C[C@H](N=C(N)NC(=O)c2ccccc2O)[C@H]1NC(C)=O. The first-order valence-electron chi connectivity index (χ1n) is 10.4. The van der Waals surface area contributed by atoms with E-state index in [1.165, 1.54) is 25.1 Å². The van der Waals surface area contributed by atoms with Gasteiger partial charge in [0.25, 0.3) is 5.91 Å². The van der Waals surface area contributed by atoms with Crippen LogP contribution in [0.2, 0.25) is 0 Å². The molecule has 10 heteroatoms. The molecule has 0 heterocycles. The van der Waals surface area contributed by atoms with Crippen molar-refractivity contribution < 1.29 is 29.3 Å². The Morgan fingerprint density at radius 2 is 1.91 bits per heavy atom. The van der Waals surface area contributed by atoms with Crippen molar-refractivity contribution in [2.45, 2.75) is 64.3 Å². The molecule has 3 atom stereocenters. The van der Waals surface area contributed by atoms with Crippen LogP contribution in [0.3, 0.4) is 0 Å². The van der Waals surface area contributed by atoms with Crippen LogP contribution in [0.5, 0.6) is 5.75 Å². The van der Waals surface area contributed by atoms with Crippen molar-refractivity contribution in [1.82, 2.24) is 10.6 Å². The van der Waals surface area contributed by atoms with Crippen LogP contribution in [0.4, 0.5) is 0 Å². The minimum atomic E-state index is -1.12. The van der Waals surface area contributed by atoms with Crippen molar-refractivity contribution in [3.8, 4) is 5.75 Å². The smallest absolute Gasteiger partial charge is 0.331 e. The zero-order valence-electron chi connectivity index (χ0n) is 18.4. The number of carboxylic acid groups (broad SMARTS) is 1. The number of hydrogen-bond acceptors (Lipinski definition) is 6. The molecule has 0 saturated carbocycles. The van der Waals surface area contributed by atoms with Gasteiger partial charge in [-0.25, -0.2) is 9.79 Å². The molecule has 2 rings (SSSR count). The Labute approximate surface area is 186 Å². The van der Waals surface area contributed by atoms with E-state index >= 15 is 0 Å². The number of carboxylic acids is 1. The normalized spacial score (nSPS) is 21.1. The summed E-state index contributed by atoms with van der Waals surface area (Å²) in [5.41, 5.74) is 6.01. The van der Waals surface area contributed by atoms with Crippen LogP contribution in [0.25, 0.3) is 0 Å². The Balaban J connectivity index is 2.33. The molecule has 1 aliphatic carbocycles. The van der Waals surface area contributed by atoms with Gasteiger partial charge in [-0.15, -0.1) is 0 Å². The number of hydrogen-bond donors (Lipinski definition) is 5. The average molecular weight is 447 g/mol. The molecule has 0 saturated heterocycles. The molecule has 174 valence electrons. The second-order valence-electron chi connectivity index (χ2n) is 7.52. The van der Waals surface area contributed by atoms with E-state index in [1.54, 1.807) is 12.1 Å². The summed E-state index contributed by atoms with van der Waals surface area (Å²) >= 11 is 0. The zero-order chi connectivity index (χ0) is 23.8. The van der Waals surface area contributed by atoms with E-state index in [0.29, 0.717) is 12.8 Å². The van der Waals surface area contributed by atoms with Gasteiger partial charge in [-0.2, -0.15) is 0 Å². The monoisotopic (exact) mass is 446 g/mol. The van der Waals surface area contributed by atoms with E-state index < -0.39 is 30.1 Å². The lowest BCUT2D eigenvalue weighted by Gasteiger charge is -2.36. The molecule has 0 radical (unpaired) electrons. The summed E-state index contributed by atoms with van der Waals surface area (Å²) in [6.45, 7) is 5.25. The van der Waals surface area contributed by atoms with Crippen LogP contribution < -0.4 is 16.4 Å². The Kier molecular flexibility index (Phi) is 8.77. The lowest BCUT2D eigenvalue weighted by atomic mass is 9.88. The number of rotatable bonds is 8. The number of phenolic OH excluding ortho intramolecular Hbond substituents is 1. The van der Waals surface area contributed by atoms with Crippen molar-refractivity contribution in [3.05, 3.63) is 41.5 Å². The molecule has 2 amide bonds. The first kappa shape index (κ1) is 24.9. The summed E-state index contributed by atoms with van der Waals surface area (Å²) in [7, 11) is 0. The molecule has 0 fully saturated rings. The second-order valence-corrected chi connectivity index (χ2v) is 7.52. The fourth-order valence-corrected chi connectivity index (χ4v) is 3.53. The minimum Gasteiger partial charge on any atom is -0.507 e. The third-order valence-electron chi connectivity index (χ3n) is 5.16. The molecular formula is C22H30N4O6. The molecule has 6 N–H and O–H groups in total. The summed E-state index contributed by atoms with van der Waals surface area (Å²) < 4.78 is 6.08. The zero-order valence-corrected chi connectivity index (χ0v) is 18.4. The van der Waals surface area contributed by atoms with Gasteiger partial charge in [0.1, 0.15) is 5.75 Å². The highest BCUT2D eigenvalue weighted by Crippen LogP contribution is 2.26. The number of nitrogens with two attached hydrogens (primary N) is 1. The van der Waals surface area contributed by atoms with Crippen LogP contribution in [0.15, 0.2) is 40.9 Å². The lowest BCUT2D eigenvalue weighted by Crippen LogP contribution is -2.54. The Bertz CT molecular complexity index is 909. The van der Waals surface area contributed by atoms with Gasteiger partial charge in [0.2, 0.25) is 5.91 Å². The summed E-state index contributed by atoms with van der Waals surface area (Å²) in [5, 5.41) is 24.6. The number of para-hydroxylation sites is 1. The molecule has 1 aromatic rings. The highest BCUT2D eigenvalue weighted by Gasteiger charge is 2.37. The maximum atomic E-state index is 12.4. The number of ether oxygens (including phenoxy) is 1. The number of carbonyl (C=O) groups is 3. The number of amides is 2.